The van der Waals surface area contributed by atoms with Crippen molar-refractivity contribution in [2.24, 2.45) is 0 Å². The van der Waals surface area contributed by atoms with Crippen LogP contribution in [0.3, 0.4) is 0 Å². The number of allylic oxidation sites excluding steroid dienone is 2. The van der Waals surface area contributed by atoms with Crippen LogP contribution in [0.25, 0.3) is 5.57 Å². The van der Waals surface area contributed by atoms with Gasteiger partial charge >= 0.3 is 0 Å². The summed E-state index contributed by atoms with van der Waals surface area (Å²) in [5, 5.41) is 18.9. The van der Waals surface area contributed by atoms with E-state index in [2.05, 4.69) is 63.7 Å². The van der Waals surface area contributed by atoms with Crippen LogP contribution in [0.4, 0.5) is 0 Å². The first-order valence-electron chi connectivity index (χ1n) is 4.99. The average molecular weight is 504 g/mol. The molecule has 6 heteroatoms. The van der Waals surface area contributed by atoms with E-state index in [0.717, 1.165) is 29.0 Å². The van der Waals surface area contributed by atoms with E-state index in [-0.39, 0.29) is 6.42 Å². The molecule has 0 heterocycles. The Hall–Kier alpha value is 0.540. The minimum atomic E-state index is -1.74. The van der Waals surface area contributed by atoms with Crippen molar-refractivity contribution in [1.29, 1.82) is 0 Å². The molecule has 0 bridgehead atoms. The zero-order valence-corrected chi connectivity index (χ0v) is 15.3. The lowest BCUT2D eigenvalue weighted by Crippen LogP contribution is -2.25. The van der Waals surface area contributed by atoms with E-state index in [1.54, 1.807) is 12.2 Å². The lowest BCUT2D eigenvalue weighted by molar-refractivity contribution is -0.114. The monoisotopic (exact) mass is 500 g/mol. The van der Waals surface area contributed by atoms with E-state index >= 15 is 0 Å². The third-order valence-electron chi connectivity index (χ3n) is 2.57. The smallest absolute Gasteiger partial charge is 0.186 e. The molecule has 1 aromatic carbocycles. The fourth-order valence-corrected chi connectivity index (χ4v) is 3.84. The van der Waals surface area contributed by atoms with Crippen LogP contribution in [-0.4, -0.2) is 16.0 Å². The molecule has 2 rings (SSSR count). The first kappa shape index (κ1) is 14.9. The van der Waals surface area contributed by atoms with E-state index < -0.39 is 5.79 Å². The zero-order valence-electron chi connectivity index (χ0n) is 8.92. The summed E-state index contributed by atoms with van der Waals surface area (Å²) < 4.78 is 3.67. The van der Waals surface area contributed by atoms with E-state index in [9.17, 15) is 10.2 Å². The number of aliphatic hydroxyl groups is 2. The highest BCUT2D eigenvalue weighted by Gasteiger charge is 2.22. The molecule has 0 unspecified atom stereocenters. The highest BCUT2D eigenvalue weighted by atomic mass is 79.9. The standard InChI is InChI=1S/C12H8Br4O2/c13-8-5-7(9(14)11(16)10(8)15)6-1-3-12(17,18)4-2-6/h1-3,5,17-18H,4H2. The first-order chi connectivity index (χ1) is 8.32. The molecule has 0 atom stereocenters. The molecule has 1 aromatic rings. The molecule has 0 amide bonds. The van der Waals surface area contributed by atoms with Gasteiger partial charge in [0.05, 0.1) is 0 Å². The Morgan fingerprint density at radius 2 is 1.67 bits per heavy atom. The molecule has 2 nitrogen and oxygen atoms in total. The Morgan fingerprint density at radius 1 is 1.00 bits per heavy atom. The maximum absolute atomic E-state index is 9.45. The number of hydrogen-bond donors (Lipinski definition) is 2. The second kappa shape index (κ2) is 5.50. The van der Waals surface area contributed by atoms with E-state index in [1.807, 2.05) is 6.07 Å². The van der Waals surface area contributed by atoms with Crippen LogP contribution in [0.1, 0.15) is 12.0 Å². The third kappa shape index (κ3) is 2.99. The summed E-state index contributed by atoms with van der Waals surface area (Å²) in [7, 11) is 0. The Balaban J connectivity index is 2.49. The maximum Gasteiger partial charge on any atom is 0.186 e. The van der Waals surface area contributed by atoms with Gasteiger partial charge in [0.25, 0.3) is 0 Å². The molecular formula is C12H8Br4O2. The fraction of sp³-hybridized carbons (Fsp3) is 0.167. The molecule has 96 valence electrons. The highest BCUT2D eigenvalue weighted by molar-refractivity contribution is 9.15. The molecule has 1 aliphatic rings. The largest absolute Gasteiger partial charge is 0.362 e. The average Bonchev–Trinajstić information content (AvgIpc) is 2.32. The molecule has 0 spiro atoms. The predicted octanol–water partition coefficient (Wildman–Crippen LogP) is 4.76. The molecule has 18 heavy (non-hydrogen) atoms. The van der Waals surface area contributed by atoms with Crippen molar-refractivity contribution in [3.63, 3.8) is 0 Å². The molecule has 0 aliphatic heterocycles. The number of halogens is 4. The van der Waals surface area contributed by atoms with Crippen LogP contribution < -0.4 is 0 Å². The van der Waals surface area contributed by atoms with Crippen LogP contribution in [0.2, 0.25) is 0 Å². The van der Waals surface area contributed by atoms with Crippen LogP contribution in [-0.2, 0) is 0 Å². The van der Waals surface area contributed by atoms with Crippen molar-refractivity contribution < 1.29 is 10.2 Å². The quantitative estimate of drug-likeness (QED) is 0.330. The van der Waals surface area contributed by atoms with Crippen molar-refractivity contribution in [1.82, 2.24) is 0 Å². The Morgan fingerprint density at radius 3 is 2.22 bits per heavy atom. The van der Waals surface area contributed by atoms with Gasteiger partial charge in [-0.15, -0.1) is 0 Å². The summed E-state index contributed by atoms with van der Waals surface area (Å²) in [5.74, 6) is -1.74. The molecular weight excluding hydrogens is 496 g/mol. The van der Waals surface area contributed by atoms with Crippen molar-refractivity contribution in [3.8, 4) is 0 Å². The fourth-order valence-electron chi connectivity index (χ4n) is 1.60. The normalized spacial score (nSPS) is 17.8. The van der Waals surface area contributed by atoms with Crippen LogP contribution in [0, 0.1) is 0 Å². The molecule has 0 saturated carbocycles. The Kier molecular flexibility index (Phi) is 4.56. The topological polar surface area (TPSA) is 40.5 Å². The minimum absolute atomic E-state index is 0.177. The Labute approximate surface area is 138 Å². The number of rotatable bonds is 1. The summed E-state index contributed by atoms with van der Waals surface area (Å²) >= 11 is 14.0. The predicted molar refractivity (Wildman–Crippen MR) is 86.1 cm³/mol. The van der Waals surface area contributed by atoms with Gasteiger partial charge in [0.1, 0.15) is 0 Å². The van der Waals surface area contributed by atoms with Gasteiger partial charge in [-0.2, -0.15) is 0 Å². The van der Waals surface area contributed by atoms with Crippen molar-refractivity contribution in [2.75, 3.05) is 0 Å². The van der Waals surface area contributed by atoms with Gasteiger partial charge in [0.15, 0.2) is 5.79 Å². The SMILES string of the molecule is OC1(O)C=CC(c2cc(Br)c(Br)c(Br)c2Br)=CC1. The summed E-state index contributed by atoms with van der Waals surface area (Å²) in [6.45, 7) is 0. The third-order valence-corrected chi connectivity index (χ3v) is 7.23. The summed E-state index contributed by atoms with van der Waals surface area (Å²) in [4.78, 5) is 0. The minimum Gasteiger partial charge on any atom is -0.362 e. The van der Waals surface area contributed by atoms with E-state index in [4.69, 9.17) is 0 Å². The van der Waals surface area contributed by atoms with Gasteiger partial charge in [0.2, 0.25) is 0 Å². The summed E-state index contributed by atoms with van der Waals surface area (Å²) in [5.41, 5.74) is 1.92. The number of benzene rings is 1. The van der Waals surface area contributed by atoms with Gasteiger partial charge in [-0.1, -0.05) is 12.2 Å². The molecule has 0 radical (unpaired) electrons. The van der Waals surface area contributed by atoms with E-state index in [0.29, 0.717) is 0 Å². The lowest BCUT2D eigenvalue weighted by atomic mass is 9.97. The summed E-state index contributed by atoms with van der Waals surface area (Å²) in [6, 6.07) is 1.97. The van der Waals surface area contributed by atoms with Crippen molar-refractivity contribution >= 4 is 69.3 Å². The second-order valence-electron chi connectivity index (χ2n) is 3.92. The van der Waals surface area contributed by atoms with Crippen LogP contribution >= 0.6 is 63.7 Å². The molecule has 0 fully saturated rings. The second-order valence-corrected chi connectivity index (χ2v) is 7.16. The molecule has 2 N–H and O–H groups in total. The van der Waals surface area contributed by atoms with Gasteiger partial charge < -0.3 is 10.2 Å². The summed E-state index contributed by atoms with van der Waals surface area (Å²) in [6.07, 6.45) is 5.07. The zero-order chi connectivity index (χ0) is 13.5. The molecule has 1 aliphatic carbocycles. The number of hydrogen-bond acceptors (Lipinski definition) is 2. The van der Waals surface area contributed by atoms with Gasteiger partial charge in [-0.3, -0.25) is 0 Å². The van der Waals surface area contributed by atoms with Crippen LogP contribution in [0.15, 0.2) is 42.2 Å². The first-order valence-corrected chi connectivity index (χ1v) is 8.16. The van der Waals surface area contributed by atoms with Crippen LogP contribution in [0.5, 0.6) is 0 Å². The Bertz CT molecular complexity index is 562. The van der Waals surface area contributed by atoms with Gasteiger partial charge in [0, 0.05) is 24.3 Å². The van der Waals surface area contributed by atoms with E-state index in [1.165, 1.54) is 6.08 Å². The van der Waals surface area contributed by atoms with Crippen molar-refractivity contribution in [3.05, 3.63) is 47.7 Å². The maximum atomic E-state index is 9.45. The van der Waals surface area contributed by atoms with Gasteiger partial charge in [-0.25, -0.2) is 0 Å². The lowest BCUT2D eigenvalue weighted by Gasteiger charge is -2.21. The van der Waals surface area contributed by atoms with Gasteiger partial charge in [-0.05, 0) is 87.0 Å². The van der Waals surface area contributed by atoms with Crippen molar-refractivity contribution in [2.45, 2.75) is 12.2 Å². The molecule has 0 saturated heterocycles. The highest BCUT2D eigenvalue weighted by Crippen LogP contribution is 2.42. The molecule has 0 aromatic heterocycles.